The fraction of sp³-hybridized carbons (Fsp3) is 0.200. The van der Waals surface area contributed by atoms with Crippen LogP contribution in [0.5, 0.6) is 28.7 Å². The summed E-state index contributed by atoms with van der Waals surface area (Å²) in [5, 5.41) is 74.0. The molecule has 1 saturated heterocycles. The summed E-state index contributed by atoms with van der Waals surface area (Å²) in [4.78, 5) is 12.1. The molecule has 0 spiro atoms. The van der Waals surface area contributed by atoms with Crippen LogP contribution in [-0.2, 0) is 4.74 Å². The van der Waals surface area contributed by atoms with Crippen molar-refractivity contribution in [1.29, 1.82) is 0 Å². The van der Waals surface area contributed by atoms with Gasteiger partial charge in [-0.15, -0.1) is 0 Å². The average Bonchev–Trinajstić information content (AvgIpc) is 2.71. The first-order valence-electron chi connectivity index (χ1n) is 8.83. The number of hydrogen-bond acceptors (Lipinski definition) is 11. The van der Waals surface area contributed by atoms with Gasteiger partial charge in [-0.3, -0.25) is 4.79 Å². The number of aromatic hydroxyl groups is 5. The van der Waals surface area contributed by atoms with Gasteiger partial charge in [0.05, 0.1) is 6.61 Å². The molecule has 1 aliphatic rings. The van der Waals surface area contributed by atoms with E-state index in [0.29, 0.717) is 0 Å². The minimum atomic E-state index is -1.10. The summed E-state index contributed by atoms with van der Waals surface area (Å²) in [5.74, 6) is -2.71. The molecule has 11 nitrogen and oxygen atoms in total. The monoisotopic (exact) mass is 435 g/mol. The van der Waals surface area contributed by atoms with E-state index < -0.39 is 41.0 Å². The minimum Gasteiger partial charge on any atom is -0.508 e. The molecule has 1 fully saturated rings. The third-order valence-corrected chi connectivity index (χ3v) is 4.42. The first kappa shape index (κ1) is 22.2. The van der Waals surface area contributed by atoms with Crippen molar-refractivity contribution >= 4 is 11.0 Å². The molecule has 0 unspecified atom stereocenters. The van der Waals surface area contributed by atoms with Crippen molar-refractivity contribution in [2.45, 2.75) is 18.3 Å². The predicted octanol–water partition coefficient (Wildman–Crippen LogP) is 0.249. The van der Waals surface area contributed by atoms with Crippen molar-refractivity contribution in [2.75, 3.05) is 6.61 Å². The Morgan fingerprint density at radius 2 is 1.58 bits per heavy atom. The second-order valence-electron chi connectivity index (χ2n) is 6.67. The smallest absolute Gasteiger partial charge is 0.238 e. The fourth-order valence-electron chi connectivity index (χ4n) is 2.79. The highest BCUT2D eigenvalue weighted by Crippen LogP contribution is 2.37. The molecule has 165 valence electrons. The maximum Gasteiger partial charge on any atom is 0.238 e. The lowest BCUT2D eigenvalue weighted by molar-refractivity contribution is -0.124. The van der Waals surface area contributed by atoms with Gasteiger partial charge in [0, 0.05) is 17.7 Å². The van der Waals surface area contributed by atoms with E-state index in [1.807, 2.05) is 0 Å². The summed E-state index contributed by atoms with van der Waals surface area (Å²) in [5.41, 5.74) is -0.890. The van der Waals surface area contributed by atoms with Gasteiger partial charge < -0.3 is 50.0 Å². The Balaban J connectivity index is 0.000000254. The van der Waals surface area contributed by atoms with Crippen LogP contribution >= 0.6 is 0 Å². The number of fused-ring (bicyclic) bond motifs is 1. The molecule has 31 heavy (non-hydrogen) atoms. The largest absolute Gasteiger partial charge is 0.508 e. The van der Waals surface area contributed by atoms with Gasteiger partial charge in [-0.25, -0.2) is 0 Å². The highest BCUT2D eigenvalue weighted by Gasteiger charge is 2.29. The van der Waals surface area contributed by atoms with E-state index in [0.717, 1.165) is 30.9 Å². The molecule has 0 aliphatic carbocycles. The summed E-state index contributed by atoms with van der Waals surface area (Å²) in [6, 6.07) is 5.64. The van der Waals surface area contributed by atoms with Crippen LogP contribution in [0.25, 0.3) is 22.3 Å². The van der Waals surface area contributed by atoms with Gasteiger partial charge in [0.25, 0.3) is 0 Å². The van der Waals surface area contributed by atoms with Gasteiger partial charge in [0.1, 0.15) is 47.4 Å². The molecule has 11 heteroatoms. The number of ether oxygens (including phenoxy) is 1. The van der Waals surface area contributed by atoms with E-state index >= 15 is 0 Å². The molecular weight excluding hydrogens is 416 g/mol. The second-order valence-corrected chi connectivity index (χ2v) is 6.67. The van der Waals surface area contributed by atoms with Gasteiger partial charge in [-0.2, -0.15) is 0 Å². The molecule has 8 N–H and O–H groups in total. The van der Waals surface area contributed by atoms with Gasteiger partial charge in [-0.1, -0.05) is 0 Å². The Labute approximate surface area is 173 Å². The number of benzene rings is 2. The zero-order chi connectivity index (χ0) is 22.9. The van der Waals surface area contributed by atoms with Crippen molar-refractivity contribution in [2.24, 2.45) is 0 Å². The van der Waals surface area contributed by atoms with E-state index in [9.17, 15) is 30.3 Å². The Morgan fingerprint density at radius 3 is 2.19 bits per heavy atom. The van der Waals surface area contributed by atoms with Crippen LogP contribution < -0.4 is 5.43 Å². The number of hydrogen-bond donors (Lipinski definition) is 8. The van der Waals surface area contributed by atoms with Crippen molar-refractivity contribution < 1.29 is 50.0 Å². The quantitative estimate of drug-likeness (QED) is 0.243. The van der Waals surface area contributed by atoms with Crippen molar-refractivity contribution in [3.63, 3.8) is 0 Å². The van der Waals surface area contributed by atoms with Crippen molar-refractivity contribution in [1.82, 2.24) is 0 Å². The van der Waals surface area contributed by atoms with E-state index in [-0.39, 0.29) is 40.4 Å². The SMILES string of the molecule is O=c1c(O)c(-c2ccc(O)c(O)c2)oc2cc(O)cc(O)c12.O[C@H]1[C@H](O)CO[CH][C@@H]1O. The van der Waals surface area contributed by atoms with E-state index in [1.165, 1.54) is 6.07 Å². The molecule has 1 radical (unpaired) electrons. The predicted molar refractivity (Wildman–Crippen MR) is 105 cm³/mol. The lowest BCUT2D eigenvalue weighted by Crippen LogP contribution is -2.44. The Kier molecular flexibility index (Phi) is 6.22. The number of aliphatic hydroxyl groups is 3. The van der Waals surface area contributed by atoms with Crippen LogP contribution in [0.2, 0.25) is 0 Å². The minimum absolute atomic E-state index is 0.0538. The highest BCUT2D eigenvalue weighted by atomic mass is 16.5. The zero-order valence-electron chi connectivity index (χ0n) is 15.7. The molecule has 4 rings (SSSR count). The van der Waals surface area contributed by atoms with Gasteiger partial charge >= 0.3 is 0 Å². The molecule has 0 amide bonds. The van der Waals surface area contributed by atoms with Crippen LogP contribution in [0, 0.1) is 6.61 Å². The number of phenolic OH excluding ortho intramolecular Hbond substituents is 4. The average molecular weight is 435 g/mol. The first-order chi connectivity index (χ1) is 14.6. The Hall–Kier alpha value is -3.51. The van der Waals surface area contributed by atoms with Crippen LogP contribution in [0.3, 0.4) is 0 Å². The Morgan fingerprint density at radius 1 is 0.871 bits per heavy atom. The normalized spacial score (nSPS) is 20.8. The van der Waals surface area contributed by atoms with Gasteiger partial charge in [0.15, 0.2) is 17.3 Å². The summed E-state index contributed by atoms with van der Waals surface area (Å²) >= 11 is 0. The lowest BCUT2D eigenvalue weighted by atomic mass is 10.1. The third kappa shape index (κ3) is 4.49. The first-order valence-corrected chi connectivity index (χ1v) is 8.83. The molecule has 1 aliphatic heterocycles. The number of aliphatic hydroxyl groups excluding tert-OH is 3. The third-order valence-electron chi connectivity index (χ3n) is 4.42. The Bertz CT molecular complexity index is 1140. The maximum absolute atomic E-state index is 12.1. The zero-order valence-corrected chi connectivity index (χ0v) is 15.7. The van der Waals surface area contributed by atoms with E-state index in [2.05, 4.69) is 4.74 Å². The van der Waals surface area contributed by atoms with Crippen molar-refractivity contribution in [3.05, 3.63) is 47.2 Å². The topological polar surface area (TPSA) is 201 Å². The summed E-state index contributed by atoms with van der Waals surface area (Å²) in [6.45, 7) is 1.16. The molecule has 2 heterocycles. The highest BCUT2D eigenvalue weighted by molar-refractivity contribution is 5.88. The molecule has 1 aromatic heterocycles. The summed E-state index contributed by atoms with van der Waals surface area (Å²) in [6.07, 6.45) is -3.13. The fourth-order valence-corrected chi connectivity index (χ4v) is 2.79. The number of rotatable bonds is 1. The molecular formula is C20H19O11. The van der Waals surface area contributed by atoms with Crippen LogP contribution in [0.15, 0.2) is 39.5 Å². The van der Waals surface area contributed by atoms with E-state index in [1.54, 1.807) is 0 Å². The standard InChI is InChI=1S/C15H10O7.C5H9O4/c16-7-4-10(19)12-11(5-7)22-15(14(21)13(12)20)6-1-2-8(17)9(18)3-6;6-3-1-9-2-4(7)5(3)8/h1-5,16-19,21H;1,3-8H,2H2/t;3-,4+,5+/m.0/s1. The molecule has 2 aromatic carbocycles. The van der Waals surface area contributed by atoms with Gasteiger partial charge in [-0.05, 0) is 18.2 Å². The summed E-state index contributed by atoms with van der Waals surface area (Å²) in [7, 11) is 0. The van der Waals surface area contributed by atoms with Crippen molar-refractivity contribution in [3.8, 4) is 40.1 Å². The summed E-state index contributed by atoms with van der Waals surface area (Å²) < 4.78 is 9.93. The second kappa shape index (κ2) is 8.70. The lowest BCUT2D eigenvalue weighted by Gasteiger charge is -2.27. The maximum atomic E-state index is 12.1. The molecule has 0 bridgehead atoms. The van der Waals surface area contributed by atoms with Gasteiger partial charge in [0.2, 0.25) is 11.2 Å². The molecule has 3 aromatic rings. The molecule has 0 saturated carbocycles. The van der Waals surface area contributed by atoms with Crippen LogP contribution in [-0.4, -0.2) is 65.8 Å². The van der Waals surface area contributed by atoms with E-state index in [4.69, 9.17) is 19.7 Å². The molecule has 3 atom stereocenters. The van der Waals surface area contributed by atoms with Crippen LogP contribution in [0.4, 0.5) is 0 Å². The van der Waals surface area contributed by atoms with Crippen LogP contribution in [0.1, 0.15) is 0 Å². The number of phenols is 4.